The highest BCUT2D eigenvalue weighted by molar-refractivity contribution is 7.81. The van der Waals surface area contributed by atoms with E-state index >= 15 is 4.39 Å². The summed E-state index contributed by atoms with van der Waals surface area (Å²) in [5.74, 6) is -8.82. The summed E-state index contributed by atoms with van der Waals surface area (Å²) in [7, 11) is -1.33. The number of amides is 4. The second-order valence-electron chi connectivity index (χ2n) is 14.7. The zero-order chi connectivity index (χ0) is 70.0. The SMILES string of the molecule is C[Si](C)(C)C#N.[2H]C([2H])([2H])C(C)=O.[2H]C([2H])([2H])NC(=O)c1ccc(N)cc1F.[2H]C([2H])([2H])NC(=O)c1ccc(N2C(=S)N(c3ccc([N+]#[C-])c(C)c3)C(=O)C2(C([2H])([2H])[2H])C([2H])([2H])[2H])cc1F.[2H]C([2H])([2H])NC(=O)c1ccc(NC(C)([N+]#[C-])C([2H])([2H])[2H])cc1F. The molecule has 0 saturated carbocycles. The number of hydrogen-bond donors (Lipinski definition) is 5. The molecule has 0 aromatic heterocycles. The number of anilines is 4. The fourth-order valence-corrected chi connectivity index (χ4v) is 5.29. The maximum atomic E-state index is 15.0. The molecular weight excluding hydrogens is 914 g/mol. The van der Waals surface area contributed by atoms with Crippen LogP contribution in [0.25, 0.3) is 9.69 Å². The first-order chi connectivity index (χ1) is 39.9. The number of nitrogens with two attached hydrogens (primary N) is 1. The summed E-state index contributed by atoms with van der Waals surface area (Å²) in [6, 6.07) is 12.8. The van der Waals surface area contributed by atoms with Crippen molar-refractivity contribution in [1.82, 2.24) is 16.0 Å². The van der Waals surface area contributed by atoms with Crippen LogP contribution < -0.4 is 36.8 Å². The van der Waals surface area contributed by atoms with Crippen LogP contribution in [-0.4, -0.2) is 74.7 Å². The quantitative estimate of drug-likeness (QED) is 0.0516. The molecule has 1 atom stereocenters. The summed E-state index contributed by atoms with van der Waals surface area (Å²) in [6.07, 6.45) is 0. The molecule has 6 N–H and O–H groups in total. The Morgan fingerprint density at radius 2 is 1.32 bits per heavy atom. The van der Waals surface area contributed by atoms with Gasteiger partial charge in [-0.05, 0) is 119 Å². The van der Waals surface area contributed by atoms with Crippen molar-refractivity contribution in [2.75, 3.05) is 41.8 Å². The van der Waals surface area contributed by atoms with E-state index in [1.165, 1.54) is 30.3 Å². The van der Waals surface area contributed by atoms with Crippen molar-refractivity contribution in [2.45, 2.75) is 79.0 Å². The first-order valence-electron chi connectivity index (χ1n) is 29.2. The standard InChI is InChI=1S/C21H19FN4O2S.C12H14FN3O.C8H9FN2O.C4H9NSi.C3H6O/c1-12-10-13(7-9-17(12)23-4)25-19(28)21(2,3)26(20(25)29)14-6-8-15(16(22)11-14)18(27)24-5;1-12(2,15-4)16-8-5-6-9(10(13)7-8)11(17)14-3;1-11-8(12)6-3-2-5(10)4-7(6)9;1-6(2,3)4-5;1-3(2)4/h6-11H,1-3,5H3,(H,24,27);5-7,16H,1-3H3,(H,14,17);2-4H,10H2,1H3,(H,11,12);1-3H3;1-2H3/i2D3,3D3,5D3;1D3,3D3;1D3;;1D3. The summed E-state index contributed by atoms with van der Waals surface area (Å²) in [4.78, 5) is 66.3. The van der Waals surface area contributed by atoms with Crippen molar-refractivity contribution < 1.29 is 65.9 Å². The van der Waals surface area contributed by atoms with Crippen molar-refractivity contribution in [3.63, 3.8) is 0 Å². The zero-order valence-electron chi connectivity index (χ0n) is 57.8. The molecule has 4 aromatic carbocycles. The zero-order valence-corrected chi connectivity index (χ0v) is 38.6. The molecule has 0 aliphatic carbocycles. The lowest BCUT2D eigenvalue weighted by molar-refractivity contribution is -0.120. The van der Waals surface area contributed by atoms with E-state index in [0.29, 0.717) is 21.4 Å². The van der Waals surface area contributed by atoms with E-state index in [2.05, 4.69) is 20.7 Å². The van der Waals surface area contributed by atoms with Crippen LogP contribution in [0.1, 0.15) is 107 Å². The number of halogens is 3. The molecule has 1 saturated heterocycles. The number of aryl methyl sites for hydroxylation is 1. The number of nitriles is 1. The number of rotatable bonds is 7. The van der Waals surface area contributed by atoms with E-state index in [9.17, 15) is 32.8 Å². The van der Waals surface area contributed by atoms with E-state index in [0.717, 1.165) is 50.2 Å². The van der Waals surface area contributed by atoms with Gasteiger partial charge in [0.1, 0.15) is 28.8 Å². The van der Waals surface area contributed by atoms with E-state index in [-0.39, 0.29) is 28.3 Å². The highest BCUT2D eigenvalue weighted by Gasteiger charge is 2.50. The van der Waals surface area contributed by atoms with E-state index in [4.69, 9.17) is 65.1 Å². The lowest BCUT2D eigenvalue weighted by Gasteiger charge is -2.29. The molecule has 5 rings (SSSR count). The predicted octanol–water partition coefficient (Wildman–Crippen LogP) is 8.96. The van der Waals surface area contributed by atoms with Gasteiger partial charge in [-0.3, -0.25) is 28.9 Å². The smallest absolute Gasteiger partial charge is 0.299 e. The summed E-state index contributed by atoms with van der Waals surface area (Å²) < 4.78 is 194. The van der Waals surface area contributed by atoms with Gasteiger partial charge in [-0.2, -0.15) is 0 Å². The maximum absolute atomic E-state index is 15.0. The fourth-order valence-electron chi connectivity index (χ4n) is 4.85. The van der Waals surface area contributed by atoms with E-state index in [1.807, 2.05) is 19.6 Å². The Labute approximate surface area is 432 Å². The lowest BCUT2D eigenvalue weighted by Crippen LogP contribution is -2.44. The molecule has 1 aliphatic heterocycles. The van der Waals surface area contributed by atoms with Crippen molar-refractivity contribution >= 4 is 83.3 Å². The van der Waals surface area contributed by atoms with Gasteiger partial charge in [0, 0.05) is 91.9 Å². The minimum atomic E-state index is -3.53. The normalized spacial score (nSPS) is 18.8. The number of nitrogen functional groups attached to an aromatic ring is 1. The molecule has 68 heavy (non-hydrogen) atoms. The van der Waals surface area contributed by atoms with Crippen LogP contribution >= 0.6 is 12.2 Å². The lowest BCUT2D eigenvalue weighted by atomic mass is 10.0. The van der Waals surface area contributed by atoms with Crippen LogP contribution in [0.5, 0.6) is 0 Å². The van der Waals surface area contributed by atoms with Gasteiger partial charge in [-0.1, -0.05) is 25.7 Å². The van der Waals surface area contributed by atoms with Gasteiger partial charge in [-0.15, -0.1) is 0 Å². The number of thiocarbonyl (C=S) groups is 1. The average Bonchev–Trinajstić information content (AvgIpc) is 1.56. The number of benzene rings is 4. The molecule has 0 spiro atoms. The first-order valence-corrected chi connectivity index (χ1v) is 22.7. The molecule has 0 radical (unpaired) electrons. The van der Waals surface area contributed by atoms with Crippen molar-refractivity contribution in [3.05, 3.63) is 135 Å². The van der Waals surface area contributed by atoms with E-state index in [1.54, 1.807) is 22.9 Å². The van der Waals surface area contributed by atoms with Crippen molar-refractivity contribution in [1.29, 1.82) is 5.26 Å². The summed E-state index contributed by atoms with van der Waals surface area (Å²) in [5, 5.41) is 14.9. The predicted molar refractivity (Wildman–Crippen MR) is 267 cm³/mol. The van der Waals surface area contributed by atoms with Crippen molar-refractivity contribution in [3.8, 4) is 5.69 Å². The molecular formula is C48H57F3N10O5SSi. The molecule has 1 unspecified atom stereocenters. The fraction of sp³-hybridized carbons (Fsp3) is 0.312. The Morgan fingerprint density at radius 3 is 1.72 bits per heavy atom. The van der Waals surface area contributed by atoms with Gasteiger partial charge in [0.15, 0.2) is 18.9 Å². The van der Waals surface area contributed by atoms with Gasteiger partial charge in [0.25, 0.3) is 29.3 Å². The molecule has 20 heteroatoms. The number of hydrogen-bond acceptors (Lipinski definition) is 9. The van der Waals surface area contributed by atoms with Gasteiger partial charge >= 0.3 is 0 Å². The molecule has 360 valence electrons. The maximum Gasteiger partial charge on any atom is 0.299 e. The number of carbonyl (C=O) groups is 5. The Morgan fingerprint density at radius 1 is 0.838 bits per heavy atom. The Balaban J connectivity index is 0.000000654. The van der Waals surface area contributed by atoms with Gasteiger partial charge in [-0.25, -0.2) is 29.9 Å². The third kappa shape index (κ3) is 16.7. The minimum absolute atomic E-state index is 0.0144. The summed E-state index contributed by atoms with van der Waals surface area (Å²) >= 11 is 5.39. The molecule has 1 aliphatic rings. The topological polar surface area (TPSA) is 198 Å². The third-order valence-corrected chi connectivity index (χ3v) is 9.02. The molecule has 1 fully saturated rings. The number of ketones is 1. The van der Waals surface area contributed by atoms with Crippen LogP contribution in [0.3, 0.4) is 0 Å². The van der Waals surface area contributed by atoms with Gasteiger partial charge < -0.3 is 36.7 Å². The summed E-state index contributed by atoms with van der Waals surface area (Å²) in [5.41, 5.74) is 0.948. The molecule has 1 heterocycles. The number of nitrogens with one attached hydrogen (secondary N) is 4. The Bertz CT molecular complexity index is 3430. The third-order valence-electron chi connectivity index (χ3n) is 7.98. The Hall–Kier alpha value is -7.60. The number of carbonyl (C=O) groups excluding carboxylic acids is 5. The summed E-state index contributed by atoms with van der Waals surface area (Å²) in [6.45, 7) is 3.57. The average molecular weight is 992 g/mol. The second-order valence-corrected chi connectivity index (χ2v) is 19.8. The number of Topliss-reactive ketones (excluding diaryl/α,β-unsaturated/α-hetero) is 1. The van der Waals surface area contributed by atoms with Gasteiger partial charge in [0.2, 0.25) is 0 Å². The highest BCUT2D eigenvalue weighted by Crippen LogP contribution is 2.38. The van der Waals surface area contributed by atoms with Crippen LogP contribution in [0.4, 0.5) is 41.6 Å². The minimum Gasteiger partial charge on any atom is -0.399 e. The Kier molecular flexibility index (Phi) is 12.0. The molecule has 4 aromatic rings. The first kappa shape index (κ1) is 32.2. The van der Waals surface area contributed by atoms with Crippen LogP contribution in [-0.2, 0) is 9.59 Å². The van der Waals surface area contributed by atoms with Crippen LogP contribution in [0.2, 0.25) is 19.6 Å². The highest BCUT2D eigenvalue weighted by atomic mass is 32.1. The van der Waals surface area contributed by atoms with Gasteiger partial charge in [0.05, 0.1) is 23.3 Å². The molecule has 0 bridgehead atoms. The monoisotopic (exact) mass is 992 g/mol. The molecule has 15 nitrogen and oxygen atoms in total. The molecule has 4 amide bonds. The van der Waals surface area contributed by atoms with Crippen LogP contribution in [0, 0.1) is 48.5 Å². The number of nitrogens with zero attached hydrogens (tertiary/aromatic N) is 5. The van der Waals surface area contributed by atoms with E-state index < -0.39 is 136 Å². The van der Waals surface area contributed by atoms with Crippen LogP contribution in [0.15, 0.2) is 72.8 Å². The second kappa shape index (κ2) is 25.3. The van der Waals surface area contributed by atoms with Crippen molar-refractivity contribution in [2.24, 2.45) is 0 Å². The largest absolute Gasteiger partial charge is 0.399 e.